The van der Waals surface area contributed by atoms with Crippen LogP contribution in [0.15, 0.2) is 6.20 Å². The largest absolute Gasteiger partial charge is 0.308 e. The van der Waals surface area contributed by atoms with Gasteiger partial charge in [-0.1, -0.05) is 18.5 Å². The van der Waals surface area contributed by atoms with Crippen molar-refractivity contribution in [3.63, 3.8) is 0 Å². The van der Waals surface area contributed by atoms with Crippen LogP contribution in [-0.2, 0) is 13.0 Å². The smallest absolute Gasteiger partial charge is 0.0817 e. The first-order chi connectivity index (χ1) is 7.54. The Bertz CT molecular complexity index is 323. The number of likely N-dealkylation sites (N-methyl/N-ethyl adjacent to an activating group) is 1. The van der Waals surface area contributed by atoms with E-state index in [9.17, 15) is 0 Å². The van der Waals surface area contributed by atoms with E-state index in [0.29, 0.717) is 11.8 Å². The normalized spacial score (nSPS) is 13.4. The van der Waals surface area contributed by atoms with Crippen LogP contribution < -0.4 is 0 Å². The molecule has 16 heavy (non-hydrogen) atoms. The fourth-order valence-electron chi connectivity index (χ4n) is 1.46. The van der Waals surface area contributed by atoms with Gasteiger partial charge in [-0.15, -0.1) is 11.6 Å². The number of hydrogen-bond donors (Lipinski definition) is 0. The minimum atomic E-state index is 0.425. The number of halogens is 2. The van der Waals surface area contributed by atoms with E-state index >= 15 is 0 Å². The Labute approximate surface area is 107 Å². The van der Waals surface area contributed by atoms with Crippen LogP contribution in [0.5, 0.6) is 0 Å². The molecule has 1 unspecified atom stereocenters. The van der Waals surface area contributed by atoms with Crippen LogP contribution in [0, 0.1) is 5.92 Å². The van der Waals surface area contributed by atoms with Crippen LogP contribution in [0.3, 0.4) is 0 Å². The maximum atomic E-state index is 6.12. The molecule has 0 aliphatic heterocycles. The van der Waals surface area contributed by atoms with Crippen LogP contribution in [0.25, 0.3) is 0 Å². The van der Waals surface area contributed by atoms with Gasteiger partial charge in [0.15, 0.2) is 0 Å². The van der Waals surface area contributed by atoms with Crippen LogP contribution >= 0.6 is 23.2 Å². The molecule has 0 aromatic carbocycles. The number of rotatable bonds is 6. The van der Waals surface area contributed by atoms with E-state index in [0.717, 1.165) is 30.2 Å². The summed E-state index contributed by atoms with van der Waals surface area (Å²) in [6.07, 6.45) is 2.60. The van der Waals surface area contributed by atoms with Crippen molar-refractivity contribution in [1.29, 1.82) is 0 Å². The molecular formula is C11H19Cl2N3. The van der Waals surface area contributed by atoms with Gasteiger partial charge >= 0.3 is 0 Å². The second-order valence-corrected chi connectivity index (χ2v) is 5.15. The second-order valence-electron chi connectivity index (χ2n) is 4.43. The molecule has 0 bridgehead atoms. The Hall–Kier alpha value is -0.250. The maximum Gasteiger partial charge on any atom is 0.0817 e. The lowest BCUT2D eigenvalue weighted by Gasteiger charge is -2.13. The molecular weight excluding hydrogens is 245 g/mol. The fraction of sp³-hybridized carbons (Fsp3) is 0.727. The zero-order valence-corrected chi connectivity index (χ0v) is 11.6. The number of nitrogens with zero attached hydrogens (tertiary/aromatic N) is 3. The van der Waals surface area contributed by atoms with Crippen molar-refractivity contribution in [2.24, 2.45) is 5.92 Å². The minimum Gasteiger partial charge on any atom is -0.308 e. The summed E-state index contributed by atoms with van der Waals surface area (Å²) in [5.41, 5.74) is 1.09. The summed E-state index contributed by atoms with van der Waals surface area (Å²) in [6.45, 7) is 3.94. The van der Waals surface area contributed by atoms with Gasteiger partial charge in [0, 0.05) is 12.4 Å². The molecule has 0 radical (unpaired) electrons. The molecule has 3 nitrogen and oxygen atoms in total. The lowest BCUT2D eigenvalue weighted by molar-refractivity contribution is 0.367. The highest BCUT2D eigenvalue weighted by Gasteiger charge is 2.12. The molecule has 1 aromatic rings. The van der Waals surface area contributed by atoms with Gasteiger partial charge in [-0.25, -0.2) is 0 Å². The lowest BCUT2D eigenvalue weighted by Crippen LogP contribution is -2.21. The fourth-order valence-corrected chi connectivity index (χ4v) is 1.79. The van der Waals surface area contributed by atoms with Crippen molar-refractivity contribution in [2.45, 2.75) is 19.9 Å². The van der Waals surface area contributed by atoms with Gasteiger partial charge in [-0.3, -0.25) is 4.68 Å². The van der Waals surface area contributed by atoms with Gasteiger partial charge in [0.2, 0.25) is 0 Å². The van der Waals surface area contributed by atoms with Gasteiger partial charge in [0.1, 0.15) is 0 Å². The molecule has 0 aliphatic rings. The Balaban J connectivity index is 2.69. The average Bonchev–Trinajstić information content (AvgIpc) is 2.57. The van der Waals surface area contributed by atoms with E-state index in [2.05, 4.69) is 16.9 Å². The van der Waals surface area contributed by atoms with Crippen molar-refractivity contribution < 1.29 is 0 Å². The van der Waals surface area contributed by atoms with Gasteiger partial charge in [-0.05, 0) is 26.4 Å². The number of hydrogen-bond acceptors (Lipinski definition) is 2. The maximum absolute atomic E-state index is 6.12. The SMILES string of the molecule is CC(CCl)Cc1c(Cl)cnn1CCN(C)C. The molecule has 1 rings (SSSR count). The predicted molar refractivity (Wildman–Crippen MR) is 69.4 cm³/mol. The van der Waals surface area contributed by atoms with E-state index in [-0.39, 0.29) is 0 Å². The molecule has 1 heterocycles. The summed E-state index contributed by atoms with van der Waals surface area (Å²) >= 11 is 11.9. The van der Waals surface area contributed by atoms with E-state index in [1.165, 1.54) is 0 Å². The predicted octanol–water partition coefficient (Wildman–Crippen LogP) is 2.52. The van der Waals surface area contributed by atoms with Crippen molar-refractivity contribution in [3.8, 4) is 0 Å². The highest BCUT2D eigenvalue weighted by molar-refractivity contribution is 6.31. The monoisotopic (exact) mass is 263 g/mol. The van der Waals surface area contributed by atoms with Crippen LogP contribution in [0.4, 0.5) is 0 Å². The van der Waals surface area contributed by atoms with Gasteiger partial charge in [-0.2, -0.15) is 5.10 Å². The highest BCUT2D eigenvalue weighted by atomic mass is 35.5. The summed E-state index contributed by atoms with van der Waals surface area (Å²) in [6, 6.07) is 0. The van der Waals surface area contributed by atoms with E-state index < -0.39 is 0 Å². The summed E-state index contributed by atoms with van der Waals surface area (Å²) in [7, 11) is 4.10. The quantitative estimate of drug-likeness (QED) is 0.736. The summed E-state index contributed by atoms with van der Waals surface area (Å²) < 4.78 is 1.98. The molecule has 0 spiro atoms. The van der Waals surface area contributed by atoms with Crippen molar-refractivity contribution in [1.82, 2.24) is 14.7 Å². The summed E-state index contributed by atoms with van der Waals surface area (Å²) in [5, 5.41) is 5.04. The zero-order chi connectivity index (χ0) is 12.1. The minimum absolute atomic E-state index is 0.425. The Kier molecular flexibility index (Phi) is 5.59. The Morgan fingerprint density at radius 1 is 1.50 bits per heavy atom. The van der Waals surface area contributed by atoms with Crippen molar-refractivity contribution in [2.75, 3.05) is 26.5 Å². The standard InChI is InChI=1S/C11H19Cl2N3/c1-9(7-12)6-11-10(13)8-14-16(11)5-4-15(2)3/h8-9H,4-7H2,1-3H3. The summed E-state index contributed by atoms with van der Waals surface area (Å²) in [5.74, 6) is 1.07. The third-order valence-electron chi connectivity index (χ3n) is 2.46. The van der Waals surface area contributed by atoms with Crippen molar-refractivity contribution >= 4 is 23.2 Å². The van der Waals surface area contributed by atoms with Crippen molar-refractivity contribution in [3.05, 3.63) is 16.9 Å². The molecule has 5 heteroatoms. The third kappa shape index (κ3) is 3.96. The summed E-state index contributed by atoms with van der Waals surface area (Å²) in [4.78, 5) is 2.13. The molecule has 92 valence electrons. The third-order valence-corrected chi connectivity index (χ3v) is 3.30. The Morgan fingerprint density at radius 2 is 2.19 bits per heavy atom. The molecule has 0 aliphatic carbocycles. The van der Waals surface area contributed by atoms with Crippen LogP contribution in [-0.4, -0.2) is 41.2 Å². The zero-order valence-electron chi connectivity index (χ0n) is 10.1. The molecule has 0 amide bonds. The van der Waals surface area contributed by atoms with Gasteiger partial charge < -0.3 is 4.90 Å². The topological polar surface area (TPSA) is 21.1 Å². The van der Waals surface area contributed by atoms with E-state index in [4.69, 9.17) is 23.2 Å². The average molecular weight is 264 g/mol. The first-order valence-corrected chi connectivity index (χ1v) is 6.36. The van der Waals surface area contributed by atoms with Crippen LogP contribution in [0.2, 0.25) is 5.02 Å². The van der Waals surface area contributed by atoms with Gasteiger partial charge in [0.05, 0.1) is 23.5 Å². The highest BCUT2D eigenvalue weighted by Crippen LogP contribution is 2.19. The molecule has 0 fully saturated rings. The van der Waals surface area contributed by atoms with Crippen LogP contribution in [0.1, 0.15) is 12.6 Å². The number of alkyl halides is 1. The Morgan fingerprint density at radius 3 is 2.75 bits per heavy atom. The van der Waals surface area contributed by atoms with Gasteiger partial charge in [0.25, 0.3) is 0 Å². The molecule has 1 atom stereocenters. The van der Waals surface area contributed by atoms with E-state index in [1.807, 2.05) is 18.8 Å². The molecule has 1 aromatic heterocycles. The molecule has 0 N–H and O–H groups in total. The second kappa shape index (κ2) is 6.48. The number of aromatic nitrogens is 2. The first-order valence-electron chi connectivity index (χ1n) is 5.45. The first kappa shape index (κ1) is 13.8. The molecule has 0 saturated carbocycles. The molecule has 0 saturated heterocycles. The lowest BCUT2D eigenvalue weighted by atomic mass is 10.1. The van der Waals surface area contributed by atoms with E-state index in [1.54, 1.807) is 6.20 Å².